The third kappa shape index (κ3) is 5.63. The van der Waals surface area contributed by atoms with Gasteiger partial charge >= 0.3 is 5.97 Å². The average molecular weight is 322 g/mol. The summed E-state index contributed by atoms with van der Waals surface area (Å²) in [5, 5.41) is 8.97. The lowest BCUT2D eigenvalue weighted by atomic mass is 10.0. The molecular weight excluding hydrogens is 296 g/mol. The largest absolute Gasteiger partial charge is 0.480 e. The lowest BCUT2D eigenvalue weighted by Gasteiger charge is -2.37. The summed E-state index contributed by atoms with van der Waals surface area (Å²) in [6.45, 7) is 6.31. The van der Waals surface area contributed by atoms with Gasteiger partial charge in [-0.1, -0.05) is 25.1 Å². The molecule has 0 unspecified atom stereocenters. The number of likely N-dealkylation sites (N-methyl/N-ethyl adjacent to an activating group) is 1. The molecule has 0 spiro atoms. The molecule has 2 rings (SSSR count). The van der Waals surface area contributed by atoms with E-state index in [9.17, 15) is 4.79 Å². The Bertz CT molecular complexity index is 447. The zero-order valence-electron chi connectivity index (χ0n) is 13.3. The number of hydrogen-bond donors (Lipinski definition) is 1. The van der Waals surface area contributed by atoms with E-state index in [0.29, 0.717) is 6.04 Å². The Kier molecular flexibility index (Phi) is 7.22. The topological polar surface area (TPSA) is 43.8 Å². The van der Waals surface area contributed by atoms with E-state index in [1.54, 1.807) is 0 Å². The van der Waals surface area contributed by atoms with E-state index >= 15 is 0 Å². The minimum absolute atomic E-state index is 0.172. The molecule has 0 amide bonds. The second-order valence-corrected chi connectivity index (χ2v) is 6.86. The first kappa shape index (κ1) is 17.3. The molecule has 0 aromatic heterocycles. The van der Waals surface area contributed by atoms with Gasteiger partial charge in [-0.15, -0.1) is 11.8 Å². The van der Waals surface area contributed by atoms with Crippen molar-refractivity contribution < 1.29 is 9.90 Å². The maximum Gasteiger partial charge on any atom is 0.317 e. The van der Waals surface area contributed by atoms with E-state index in [2.05, 4.69) is 34.1 Å². The molecule has 0 atom stereocenters. The molecule has 0 saturated carbocycles. The summed E-state index contributed by atoms with van der Waals surface area (Å²) >= 11 is 1.90. The summed E-state index contributed by atoms with van der Waals surface area (Å²) in [4.78, 5) is 16.8. The van der Waals surface area contributed by atoms with Crippen LogP contribution >= 0.6 is 11.8 Å². The second-order valence-electron chi connectivity index (χ2n) is 5.69. The van der Waals surface area contributed by atoms with E-state index in [1.165, 1.54) is 4.90 Å². The highest BCUT2D eigenvalue weighted by Gasteiger charge is 2.24. The normalized spacial score (nSPS) is 17.0. The van der Waals surface area contributed by atoms with Gasteiger partial charge in [-0.2, -0.15) is 0 Å². The fourth-order valence-electron chi connectivity index (χ4n) is 2.99. The van der Waals surface area contributed by atoms with Crippen LogP contribution in [-0.4, -0.2) is 65.4 Å². The van der Waals surface area contributed by atoms with Crippen molar-refractivity contribution in [2.24, 2.45) is 0 Å². The van der Waals surface area contributed by atoms with E-state index in [-0.39, 0.29) is 6.54 Å². The predicted molar refractivity (Wildman–Crippen MR) is 91.5 cm³/mol. The van der Waals surface area contributed by atoms with E-state index in [0.717, 1.165) is 44.8 Å². The molecule has 1 aliphatic heterocycles. The van der Waals surface area contributed by atoms with Crippen molar-refractivity contribution in [1.29, 1.82) is 0 Å². The Balaban J connectivity index is 1.67. The Labute approximate surface area is 137 Å². The number of hydrogen-bond acceptors (Lipinski definition) is 4. The maximum absolute atomic E-state index is 10.9. The summed E-state index contributed by atoms with van der Waals surface area (Å²) in [7, 11) is 0. The quantitative estimate of drug-likeness (QED) is 0.746. The molecule has 22 heavy (non-hydrogen) atoms. The summed E-state index contributed by atoms with van der Waals surface area (Å²) in [5.41, 5.74) is 0. The Morgan fingerprint density at radius 3 is 2.59 bits per heavy atom. The van der Waals surface area contributed by atoms with Crippen LogP contribution in [0.2, 0.25) is 0 Å². The van der Waals surface area contributed by atoms with Gasteiger partial charge in [0.15, 0.2) is 0 Å². The van der Waals surface area contributed by atoms with Crippen LogP contribution in [0, 0.1) is 0 Å². The van der Waals surface area contributed by atoms with Gasteiger partial charge in [-0.3, -0.25) is 9.69 Å². The first-order valence-corrected chi connectivity index (χ1v) is 9.03. The molecule has 1 heterocycles. The van der Waals surface area contributed by atoms with E-state index < -0.39 is 5.97 Å². The first-order chi connectivity index (χ1) is 10.7. The number of nitrogens with zero attached hydrogens (tertiary/aromatic N) is 2. The fourth-order valence-corrected chi connectivity index (χ4v) is 3.93. The maximum atomic E-state index is 10.9. The third-order valence-electron chi connectivity index (χ3n) is 4.24. The Morgan fingerprint density at radius 2 is 2.00 bits per heavy atom. The summed E-state index contributed by atoms with van der Waals surface area (Å²) in [6, 6.07) is 10.9. The summed E-state index contributed by atoms with van der Waals surface area (Å²) in [5.74, 6) is 0.393. The number of carbonyl (C=O) groups is 1. The molecule has 0 radical (unpaired) electrons. The minimum Gasteiger partial charge on any atom is -0.480 e. The molecule has 1 saturated heterocycles. The van der Waals surface area contributed by atoms with Crippen LogP contribution in [0.15, 0.2) is 35.2 Å². The molecule has 1 aromatic carbocycles. The van der Waals surface area contributed by atoms with Gasteiger partial charge in [0.2, 0.25) is 0 Å². The number of likely N-dealkylation sites (tertiary alicyclic amines) is 1. The molecule has 0 bridgehead atoms. The van der Waals surface area contributed by atoms with Gasteiger partial charge in [0.05, 0.1) is 6.54 Å². The van der Waals surface area contributed by atoms with Crippen molar-refractivity contribution in [1.82, 2.24) is 9.80 Å². The zero-order valence-corrected chi connectivity index (χ0v) is 14.1. The van der Waals surface area contributed by atoms with Gasteiger partial charge in [0, 0.05) is 23.2 Å². The van der Waals surface area contributed by atoms with Crippen LogP contribution in [0.5, 0.6) is 0 Å². The molecule has 0 aliphatic carbocycles. The van der Waals surface area contributed by atoms with Gasteiger partial charge in [0.25, 0.3) is 0 Å². The lowest BCUT2D eigenvalue weighted by molar-refractivity contribution is -0.139. The molecular formula is C17H26N2O2S. The minimum atomic E-state index is -0.719. The fraction of sp³-hybridized carbons (Fsp3) is 0.588. The first-order valence-electron chi connectivity index (χ1n) is 8.05. The van der Waals surface area contributed by atoms with Crippen molar-refractivity contribution in [2.75, 3.05) is 38.5 Å². The van der Waals surface area contributed by atoms with Crippen LogP contribution in [0.1, 0.15) is 19.8 Å². The van der Waals surface area contributed by atoms with Crippen molar-refractivity contribution in [2.45, 2.75) is 30.7 Å². The average Bonchev–Trinajstić information content (AvgIpc) is 2.54. The monoisotopic (exact) mass is 322 g/mol. The van der Waals surface area contributed by atoms with Crippen molar-refractivity contribution >= 4 is 17.7 Å². The molecule has 1 N–H and O–H groups in total. The van der Waals surface area contributed by atoms with Crippen LogP contribution in [0.3, 0.4) is 0 Å². The van der Waals surface area contributed by atoms with Gasteiger partial charge in [-0.05, 0) is 44.6 Å². The van der Waals surface area contributed by atoms with Crippen LogP contribution < -0.4 is 0 Å². The Hall–Kier alpha value is -1.04. The smallest absolute Gasteiger partial charge is 0.317 e. The van der Waals surface area contributed by atoms with Crippen molar-refractivity contribution in [3.63, 3.8) is 0 Å². The summed E-state index contributed by atoms with van der Waals surface area (Å²) < 4.78 is 0. The number of aliphatic carboxylic acids is 1. The van der Waals surface area contributed by atoms with Gasteiger partial charge < -0.3 is 10.0 Å². The Morgan fingerprint density at radius 1 is 1.32 bits per heavy atom. The summed E-state index contributed by atoms with van der Waals surface area (Å²) in [6.07, 6.45) is 2.16. The standard InChI is InChI=1S/C17H26N2O2S/c1-2-19(14-17(20)21)15-8-10-18(11-9-15)12-13-22-16-6-4-3-5-7-16/h3-7,15H,2,8-14H2,1H3,(H,20,21). The number of piperidine rings is 1. The number of thioether (sulfide) groups is 1. The SMILES string of the molecule is CCN(CC(=O)O)C1CCN(CCSc2ccccc2)CC1. The highest BCUT2D eigenvalue weighted by Crippen LogP contribution is 2.20. The molecule has 1 aromatic rings. The van der Waals surface area contributed by atoms with Gasteiger partial charge in [0.1, 0.15) is 0 Å². The molecule has 1 aliphatic rings. The third-order valence-corrected chi connectivity index (χ3v) is 5.23. The number of rotatable bonds is 8. The molecule has 5 heteroatoms. The molecule has 4 nitrogen and oxygen atoms in total. The van der Waals surface area contributed by atoms with Crippen LogP contribution in [0.4, 0.5) is 0 Å². The lowest BCUT2D eigenvalue weighted by Crippen LogP contribution is -2.46. The number of benzene rings is 1. The highest BCUT2D eigenvalue weighted by molar-refractivity contribution is 7.99. The molecule has 1 fully saturated rings. The van der Waals surface area contributed by atoms with Crippen LogP contribution in [-0.2, 0) is 4.79 Å². The predicted octanol–water partition coefficient (Wildman–Crippen LogP) is 2.65. The second kappa shape index (κ2) is 9.18. The van der Waals surface area contributed by atoms with E-state index in [1.807, 2.05) is 24.8 Å². The van der Waals surface area contributed by atoms with Crippen LogP contribution in [0.25, 0.3) is 0 Å². The van der Waals surface area contributed by atoms with Gasteiger partial charge in [-0.25, -0.2) is 0 Å². The highest BCUT2D eigenvalue weighted by atomic mass is 32.2. The number of carboxylic acids is 1. The van der Waals surface area contributed by atoms with E-state index in [4.69, 9.17) is 5.11 Å². The zero-order chi connectivity index (χ0) is 15.8. The van der Waals surface area contributed by atoms with Crippen molar-refractivity contribution in [3.8, 4) is 0 Å². The molecule has 122 valence electrons. The number of carboxylic acid groups (broad SMARTS) is 1. The van der Waals surface area contributed by atoms with Crippen molar-refractivity contribution in [3.05, 3.63) is 30.3 Å².